The highest BCUT2D eigenvalue weighted by molar-refractivity contribution is 6.11. The lowest BCUT2D eigenvalue weighted by Gasteiger charge is -2.27. The molecule has 1 amide bonds. The van der Waals surface area contributed by atoms with Crippen molar-refractivity contribution in [2.75, 3.05) is 24.4 Å². The molecule has 0 radical (unpaired) electrons. The van der Waals surface area contributed by atoms with Crippen LogP contribution >= 0.6 is 0 Å². The van der Waals surface area contributed by atoms with E-state index in [1.54, 1.807) is 19.1 Å². The Morgan fingerprint density at radius 1 is 0.839 bits per heavy atom. The molecular weight excluding hydrogens is 388 g/mol. The van der Waals surface area contributed by atoms with Crippen LogP contribution in [0.1, 0.15) is 22.7 Å². The lowest BCUT2D eigenvalue weighted by Crippen LogP contribution is -2.31. The molecule has 3 aromatic carbocycles. The van der Waals surface area contributed by atoms with Gasteiger partial charge < -0.3 is 14.8 Å². The lowest BCUT2D eigenvalue weighted by atomic mass is 10.0. The van der Waals surface area contributed by atoms with E-state index >= 15 is 0 Å². The molecule has 1 unspecified atom stereocenters. The van der Waals surface area contributed by atoms with Crippen molar-refractivity contribution in [3.8, 4) is 11.5 Å². The average molecular weight is 415 g/mol. The average Bonchev–Trinajstić information content (AvgIpc) is 3.11. The highest BCUT2D eigenvalue weighted by Crippen LogP contribution is 2.41. The van der Waals surface area contributed by atoms with Gasteiger partial charge in [0.05, 0.1) is 20.3 Å². The molecule has 5 nitrogen and oxygen atoms in total. The first-order valence-corrected chi connectivity index (χ1v) is 10.2. The Bertz CT molecular complexity index is 1120. The van der Waals surface area contributed by atoms with Gasteiger partial charge in [0.2, 0.25) is 0 Å². The van der Waals surface area contributed by atoms with Crippen LogP contribution < -0.4 is 19.7 Å². The Kier molecular flexibility index (Phi) is 5.67. The summed E-state index contributed by atoms with van der Waals surface area (Å²) >= 11 is 0. The number of carbonyl (C=O) groups is 1. The van der Waals surface area contributed by atoms with Crippen molar-refractivity contribution in [3.63, 3.8) is 0 Å². The minimum atomic E-state index is -0.340. The molecule has 1 N–H and O–H groups in total. The van der Waals surface area contributed by atoms with Crippen LogP contribution in [0.5, 0.6) is 11.5 Å². The summed E-state index contributed by atoms with van der Waals surface area (Å²) in [5.41, 5.74) is 5.37. The summed E-state index contributed by atoms with van der Waals surface area (Å²) < 4.78 is 11.1. The Hall–Kier alpha value is -3.73. The predicted molar refractivity (Wildman–Crippen MR) is 124 cm³/mol. The second-order valence-electron chi connectivity index (χ2n) is 7.63. The first-order valence-electron chi connectivity index (χ1n) is 10.2. The Balaban J connectivity index is 1.79. The molecule has 31 heavy (non-hydrogen) atoms. The third kappa shape index (κ3) is 4.12. The zero-order valence-corrected chi connectivity index (χ0v) is 18.2. The summed E-state index contributed by atoms with van der Waals surface area (Å²) in [6.07, 6.45) is 1.94. The first kappa shape index (κ1) is 20.5. The molecule has 1 atom stereocenters. The topological polar surface area (TPSA) is 50.8 Å². The fourth-order valence-electron chi connectivity index (χ4n) is 3.73. The van der Waals surface area contributed by atoms with E-state index in [0.717, 1.165) is 28.1 Å². The van der Waals surface area contributed by atoms with Gasteiger partial charge in [-0.25, -0.2) is 0 Å². The smallest absolute Gasteiger partial charge is 0.275 e. The van der Waals surface area contributed by atoms with Crippen molar-refractivity contribution in [1.82, 2.24) is 0 Å². The zero-order chi connectivity index (χ0) is 22.0. The number of rotatable bonds is 6. The summed E-state index contributed by atoms with van der Waals surface area (Å²) in [5.74, 6) is 1.31. The van der Waals surface area contributed by atoms with Crippen molar-refractivity contribution in [1.29, 1.82) is 0 Å². The second kappa shape index (κ2) is 8.56. The molecule has 0 saturated carbocycles. The van der Waals surface area contributed by atoms with Crippen LogP contribution in [-0.2, 0) is 4.79 Å². The van der Waals surface area contributed by atoms with Crippen LogP contribution in [-0.4, -0.2) is 20.1 Å². The Labute approximate surface area is 182 Å². The number of nitrogens with one attached hydrogen (secondary N) is 1. The predicted octanol–water partition coefficient (Wildman–Crippen LogP) is 5.40. The summed E-state index contributed by atoms with van der Waals surface area (Å²) in [4.78, 5) is 15.3. The van der Waals surface area contributed by atoms with E-state index in [2.05, 4.69) is 5.32 Å². The van der Waals surface area contributed by atoms with Crippen molar-refractivity contribution in [2.24, 2.45) is 0 Å². The van der Waals surface area contributed by atoms with Crippen LogP contribution in [0.4, 0.5) is 11.4 Å². The summed E-state index contributed by atoms with van der Waals surface area (Å²) in [6, 6.07) is 21.2. The minimum absolute atomic E-state index is 0.0979. The lowest BCUT2D eigenvalue weighted by molar-refractivity contribution is -0.114. The van der Waals surface area contributed by atoms with Gasteiger partial charge in [0.25, 0.3) is 5.91 Å². The van der Waals surface area contributed by atoms with Gasteiger partial charge >= 0.3 is 0 Å². The molecule has 1 aliphatic rings. The molecule has 1 heterocycles. The van der Waals surface area contributed by atoms with Gasteiger partial charge in [0.1, 0.15) is 17.2 Å². The van der Waals surface area contributed by atoms with Crippen molar-refractivity contribution < 1.29 is 14.3 Å². The number of hydrogen-bond donors (Lipinski definition) is 1. The maximum atomic E-state index is 13.5. The van der Waals surface area contributed by atoms with E-state index in [-0.39, 0.29) is 11.9 Å². The highest BCUT2D eigenvalue weighted by Gasteiger charge is 2.36. The summed E-state index contributed by atoms with van der Waals surface area (Å²) in [7, 11) is 3.26. The first-order chi connectivity index (χ1) is 15.0. The second-order valence-corrected chi connectivity index (χ2v) is 7.63. The number of hydrogen-bond acceptors (Lipinski definition) is 4. The maximum absolute atomic E-state index is 13.5. The molecule has 5 heteroatoms. The van der Waals surface area contributed by atoms with Crippen LogP contribution in [0.3, 0.4) is 0 Å². The molecular formula is C26H26N2O3. The van der Waals surface area contributed by atoms with Crippen LogP contribution in [0.2, 0.25) is 0 Å². The zero-order valence-electron chi connectivity index (χ0n) is 18.2. The van der Waals surface area contributed by atoms with Gasteiger partial charge in [-0.2, -0.15) is 0 Å². The number of ether oxygens (including phenoxy) is 2. The maximum Gasteiger partial charge on any atom is 0.275 e. The molecule has 4 rings (SSSR count). The van der Waals surface area contributed by atoms with E-state index in [1.165, 1.54) is 0 Å². The Morgan fingerprint density at radius 2 is 1.48 bits per heavy atom. The number of benzene rings is 3. The molecule has 1 aliphatic heterocycles. The van der Waals surface area contributed by atoms with Gasteiger partial charge in [-0.1, -0.05) is 35.4 Å². The fourth-order valence-corrected chi connectivity index (χ4v) is 3.73. The van der Waals surface area contributed by atoms with E-state index < -0.39 is 0 Å². The third-order valence-electron chi connectivity index (χ3n) is 5.45. The van der Waals surface area contributed by atoms with Crippen LogP contribution in [0, 0.1) is 13.8 Å². The van der Waals surface area contributed by atoms with Gasteiger partial charge in [-0.3, -0.25) is 9.69 Å². The van der Waals surface area contributed by atoms with Crippen molar-refractivity contribution in [3.05, 3.63) is 95.2 Å². The summed E-state index contributed by atoms with van der Waals surface area (Å²) in [6.45, 7) is 4.06. The molecule has 0 saturated heterocycles. The third-order valence-corrected chi connectivity index (χ3v) is 5.45. The number of aryl methyl sites for hydroxylation is 2. The van der Waals surface area contributed by atoms with Crippen LogP contribution in [0.15, 0.2) is 78.5 Å². The standard InChI is InChI=1S/C26H26N2O3/c1-17-5-9-19(10-6-17)27-23-16-24(22-15-21(30-3)13-14-25(22)31-4)28(26(23)29)20-11-7-18(2)8-12-20/h5-16,24,27H,1-4H3. The fraction of sp³-hybridized carbons (Fsp3) is 0.192. The van der Waals surface area contributed by atoms with Gasteiger partial charge in [-0.15, -0.1) is 0 Å². The highest BCUT2D eigenvalue weighted by atomic mass is 16.5. The molecule has 0 aromatic heterocycles. The number of anilines is 2. The van der Waals surface area contributed by atoms with E-state index in [1.807, 2.05) is 86.7 Å². The number of nitrogens with zero attached hydrogens (tertiary/aromatic N) is 1. The molecule has 0 bridgehead atoms. The van der Waals surface area contributed by atoms with Crippen LogP contribution in [0.25, 0.3) is 0 Å². The monoisotopic (exact) mass is 414 g/mol. The van der Waals surface area contributed by atoms with Gasteiger partial charge in [0.15, 0.2) is 0 Å². The van der Waals surface area contributed by atoms with E-state index in [4.69, 9.17) is 9.47 Å². The van der Waals surface area contributed by atoms with Gasteiger partial charge in [-0.05, 0) is 62.4 Å². The summed E-state index contributed by atoms with van der Waals surface area (Å²) in [5, 5.41) is 3.29. The number of methoxy groups -OCH3 is 2. The van der Waals surface area contributed by atoms with E-state index in [9.17, 15) is 4.79 Å². The van der Waals surface area contributed by atoms with Gasteiger partial charge in [0, 0.05) is 16.9 Å². The SMILES string of the molecule is COc1ccc(OC)c(C2C=C(Nc3ccc(C)cc3)C(=O)N2c2ccc(C)cc2)c1. The minimum Gasteiger partial charge on any atom is -0.497 e. The molecule has 0 spiro atoms. The number of amides is 1. The number of carbonyl (C=O) groups excluding carboxylic acids is 1. The quantitative estimate of drug-likeness (QED) is 0.586. The molecule has 3 aromatic rings. The molecule has 0 aliphatic carbocycles. The normalized spacial score (nSPS) is 15.6. The molecule has 0 fully saturated rings. The van der Waals surface area contributed by atoms with Crippen molar-refractivity contribution in [2.45, 2.75) is 19.9 Å². The Morgan fingerprint density at radius 3 is 2.10 bits per heavy atom. The molecule has 158 valence electrons. The van der Waals surface area contributed by atoms with Crippen molar-refractivity contribution >= 4 is 17.3 Å². The van der Waals surface area contributed by atoms with E-state index in [0.29, 0.717) is 17.2 Å². The largest absolute Gasteiger partial charge is 0.497 e.